The first kappa shape index (κ1) is 16.7. The molecule has 0 saturated carbocycles. The fourth-order valence-corrected chi connectivity index (χ4v) is 2.38. The van der Waals surface area contributed by atoms with E-state index in [1.807, 2.05) is 6.07 Å². The lowest BCUT2D eigenvalue weighted by molar-refractivity contribution is -0.121. The van der Waals surface area contributed by atoms with Crippen LogP contribution in [0, 0.1) is 12.3 Å². The SMILES string of the molecule is Cc1cccc(CCNC(=O)CC(N)CC(C)(C)C)c1. The Labute approximate surface area is 122 Å². The van der Waals surface area contributed by atoms with Crippen LogP contribution >= 0.6 is 0 Å². The summed E-state index contributed by atoms with van der Waals surface area (Å²) in [5.74, 6) is 0.0504. The smallest absolute Gasteiger partial charge is 0.221 e. The Morgan fingerprint density at radius 3 is 2.65 bits per heavy atom. The first-order chi connectivity index (χ1) is 9.26. The third-order valence-corrected chi connectivity index (χ3v) is 3.14. The molecule has 0 aliphatic heterocycles. The number of amides is 1. The summed E-state index contributed by atoms with van der Waals surface area (Å²) in [5, 5.41) is 2.95. The molecule has 3 nitrogen and oxygen atoms in total. The molecule has 0 saturated heterocycles. The van der Waals surface area contributed by atoms with Gasteiger partial charge in [-0.3, -0.25) is 4.79 Å². The molecule has 3 heteroatoms. The second-order valence-corrected chi connectivity index (χ2v) is 6.82. The van der Waals surface area contributed by atoms with Crippen LogP contribution in [0.4, 0.5) is 0 Å². The molecule has 0 aliphatic rings. The molecule has 20 heavy (non-hydrogen) atoms. The van der Waals surface area contributed by atoms with Gasteiger partial charge in [0.25, 0.3) is 0 Å². The molecule has 1 aromatic carbocycles. The summed E-state index contributed by atoms with van der Waals surface area (Å²) in [7, 11) is 0. The van der Waals surface area contributed by atoms with Crippen LogP contribution in [0.1, 0.15) is 44.7 Å². The summed E-state index contributed by atoms with van der Waals surface area (Å²) in [4.78, 5) is 11.8. The summed E-state index contributed by atoms with van der Waals surface area (Å²) in [6.45, 7) is 9.17. The van der Waals surface area contributed by atoms with Crippen molar-refractivity contribution >= 4 is 5.91 Å². The molecule has 1 rings (SSSR count). The van der Waals surface area contributed by atoms with E-state index in [-0.39, 0.29) is 17.4 Å². The topological polar surface area (TPSA) is 55.1 Å². The lowest BCUT2D eigenvalue weighted by Gasteiger charge is -2.22. The number of aryl methyl sites for hydroxylation is 1. The van der Waals surface area contributed by atoms with Crippen LogP contribution in [0.3, 0.4) is 0 Å². The Morgan fingerprint density at radius 1 is 1.35 bits per heavy atom. The molecule has 0 spiro atoms. The van der Waals surface area contributed by atoms with Crippen molar-refractivity contribution in [2.45, 2.75) is 53.0 Å². The standard InChI is InChI=1S/C17H28N2O/c1-13-6-5-7-14(10-13)8-9-19-16(20)11-15(18)12-17(2,3)4/h5-7,10,15H,8-9,11-12,18H2,1-4H3,(H,19,20). The highest BCUT2D eigenvalue weighted by Crippen LogP contribution is 2.20. The second kappa shape index (κ2) is 7.44. The summed E-state index contributed by atoms with van der Waals surface area (Å²) in [5.41, 5.74) is 8.68. The highest BCUT2D eigenvalue weighted by Gasteiger charge is 2.17. The van der Waals surface area contributed by atoms with Crippen LogP contribution in [0.25, 0.3) is 0 Å². The molecule has 3 N–H and O–H groups in total. The molecule has 0 bridgehead atoms. The first-order valence-corrected chi connectivity index (χ1v) is 7.34. The van der Waals surface area contributed by atoms with Crippen LogP contribution < -0.4 is 11.1 Å². The third-order valence-electron chi connectivity index (χ3n) is 3.14. The molecule has 1 atom stereocenters. The third kappa shape index (κ3) is 7.29. The van der Waals surface area contributed by atoms with Crippen molar-refractivity contribution < 1.29 is 4.79 Å². The largest absolute Gasteiger partial charge is 0.356 e. The van der Waals surface area contributed by atoms with E-state index in [2.05, 4.69) is 51.2 Å². The van der Waals surface area contributed by atoms with Crippen molar-refractivity contribution in [3.8, 4) is 0 Å². The molecular formula is C17H28N2O. The van der Waals surface area contributed by atoms with Crippen molar-refractivity contribution in [3.63, 3.8) is 0 Å². The van der Waals surface area contributed by atoms with Crippen molar-refractivity contribution in [2.75, 3.05) is 6.54 Å². The van der Waals surface area contributed by atoms with Gasteiger partial charge in [-0.25, -0.2) is 0 Å². The summed E-state index contributed by atoms with van der Waals surface area (Å²) in [6.07, 6.45) is 2.13. The van der Waals surface area contributed by atoms with E-state index in [9.17, 15) is 4.79 Å². The number of benzene rings is 1. The fraction of sp³-hybridized carbons (Fsp3) is 0.588. The zero-order valence-corrected chi connectivity index (χ0v) is 13.2. The molecule has 0 aromatic heterocycles. The predicted molar refractivity (Wildman–Crippen MR) is 84.6 cm³/mol. The number of carbonyl (C=O) groups is 1. The minimum absolute atomic E-state index is 0.0504. The lowest BCUT2D eigenvalue weighted by Crippen LogP contribution is -2.34. The molecule has 0 aliphatic carbocycles. The van der Waals surface area contributed by atoms with Gasteiger partial charge in [-0.05, 0) is 30.7 Å². The van der Waals surface area contributed by atoms with Crippen molar-refractivity contribution in [3.05, 3.63) is 35.4 Å². The maximum Gasteiger partial charge on any atom is 0.221 e. The number of carbonyl (C=O) groups excluding carboxylic acids is 1. The molecule has 0 radical (unpaired) electrons. The molecule has 1 aromatic rings. The van der Waals surface area contributed by atoms with Crippen LogP contribution in [0.2, 0.25) is 0 Å². The highest BCUT2D eigenvalue weighted by atomic mass is 16.1. The monoisotopic (exact) mass is 276 g/mol. The van der Waals surface area contributed by atoms with Gasteiger partial charge >= 0.3 is 0 Å². The number of nitrogens with two attached hydrogens (primary N) is 1. The van der Waals surface area contributed by atoms with Crippen LogP contribution in [-0.2, 0) is 11.2 Å². The van der Waals surface area contributed by atoms with Crippen molar-refractivity contribution in [1.82, 2.24) is 5.32 Å². The number of nitrogens with one attached hydrogen (secondary N) is 1. The average molecular weight is 276 g/mol. The first-order valence-electron chi connectivity index (χ1n) is 7.34. The molecule has 0 fully saturated rings. The summed E-state index contributed by atoms with van der Waals surface area (Å²) >= 11 is 0. The summed E-state index contributed by atoms with van der Waals surface area (Å²) < 4.78 is 0. The minimum atomic E-state index is -0.0611. The molecule has 1 unspecified atom stereocenters. The van der Waals surface area contributed by atoms with Gasteiger partial charge in [0.1, 0.15) is 0 Å². The maximum atomic E-state index is 11.8. The average Bonchev–Trinajstić information content (AvgIpc) is 2.25. The Hall–Kier alpha value is -1.35. The normalized spacial score (nSPS) is 13.1. The second-order valence-electron chi connectivity index (χ2n) is 6.82. The van der Waals surface area contributed by atoms with Gasteiger partial charge in [-0.2, -0.15) is 0 Å². The van der Waals surface area contributed by atoms with Crippen LogP contribution in [-0.4, -0.2) is 18.5 Å². The predicted octanol–water partition coefficient (Wildman–Crippen LogP) is 2.81. The van der Waals surface area contributed by atoms with E-state index in [4.69, 9.17) is 5.73 Å². The zero-order valence-electron chi connectivity index (χ0n) is 13.2. The van der Waals surface area contributed by atoms with E-state index in [0.29, 0.717) is 13.0 Å². The van der Waals surface area contributed by atoms with E-state index in [0.717, 1.165) is 12.8 Å². The molecule has 1 amide bonds. The van der Waals surface area contributed by atoms with E-state index >= 15 is 0 Å². The Balaban J connectivity index is 2.26. The van der Waals surface area contributed by atoms with Gasteiger partial charge < -0.3 is 11.1 Å². The lowest BCUT2D eigenvalue weighted by atomic mass is 9.87. The zero-order chi connectivity index (χ0) is 15.2. The molecule has 112 valence electrons. The maximum absolute atomic E-state index is 11.8. The number of rotatable bonds is 6. The Bertz CT molecular complexity index is 435. The van der Waals surface area contributed by atoms with Gasteiger partial charge in [0, 0.05) is 19.0 Å². The quantitative estimate of drug-likeness (QED) is 0.839. The van der Waals surface area contributed by atoms with Gasteiger partial charge in [-0.1, -0.05) is 50.6 Å². The van der Waals surface area contributed by atoms with E-state index < -0.39 is 0 Å². The Kier molecular flexibility index (Phi) is 6.21. The van der Waals surface area contributed by atoms with Crippen molar-refractivity contribution in [2.24, 2.45) is 11.1 Å². The van der Waals surface area contributed by atoms with E-state index in [1.165, 1.54) is 11.1 Å². The van der Waals surface area contributed by atoms with E-state index in [1.54, 1.807) is 0 Å². The van der Waals surface area contributed by atoms with Gasteiger partial charge in [0.2, 0.25) is 5.91 Å². The fourth-order valence-electron chi connectivity index (χ4n) is 2.38. The summed E-state index contributed by atoms with van der Waals surface area (Å²) in [6, 6.07) is 8.30. The number of hydrogen-bond donors (Lipinski definition) is 2. The highest BCUT2D eigenvalue weighted by molar-refractivity contribution is 5.76. The van der Waals surface area contributed by atoms with Crippen LogP contribution in [0.15, 0.2) is 24.3 Å². The molecule has 0 heterocycles. The minimum Gasteiger partial charge on any atom is -0.356 e. The van der Waals surface area contributed by atoms with Gasteiger partial charge in [0.15, 0.2) is 0 Å². The number of hydrogen-bond acceptors (Lipinski definition) is 2. The van der Waals surface area contributed by atoms with Gasteiger partial charge in [0.05, 0.1) is 0 Å². The van der Waals surface area contributed by atoms with Gasteiger partial charge in [-0.15, -0.1) is 0 Å². The Morgan fingerprint density at radius 2 is 2.05 bits per heavy atom. The molecular weight excluding hydrogens is 248 g/mol. The van der Waals surface area contributed by atoms with Crippen molar-refractivity contribution in [1.29, 1.82) is 0 Å². The van der Waals surface area contributed by atoms with Crippen LogP contribution in [0.5, 0.6) is 0 Å².